The maximum Gasteiger partial charge on any atom is 0.220 e. The average Bonchev–Trinajstić information content (AvgIpc) is 2.92. The van der Waals surface area contributed by atoms with Crippen molar-refractivity contribution in [3.63, 3.8) is 0 Å². The number of hydrogen-bond acceptors (Lipinski definition) is 4. The van der Waals surface area contributed by atoms with Crippen LogP contribution in [0, 0.1) is 17.6 Å². The smallest absolute Gasteiger partial charge is 0.220 e. The van der Waals surface area contributed by atoms with Crippen LogP contribution in [-0.4, -0.2) is 30.5 Å². The Bertz CT molecular complexity index is 708. The zero-order valence-electron chi connectivity index (χ0n) is 13.3. The zero-order chi connectivity index (χ0) is 16.2. The van der Waals surface area contributed by atoms with E-state index in [9.17, 15) is 13.6 Å². The topological polar surface area (TPSA) is 67.2 Å². The lowest BCUT2D eigenvalue weighted by Gasteiger charge is -2.27. The molecule has 1 aliphatic heterocycles. The number of nitrogens with one attached hydrogen (secondary N) is 2. The minimum absolute atomic E-state index is 0. The van der Waals surface area contributed by atoms with Gasteiger partial charge in [-0.3, -0.25) is 4.79 Å². The average molecular weight is 394 g/mol. The zero-order valence-corrected chi connectivity index (χ0v) is 14.9. The van der Waals surface area contributed by atoms with Crippen LogP contribution in [0.4, 0.5) is 8.78 Å². The van der Waals surface area contributed by atoms with Gasteiger partial charge in [0, 0.05) is 44.5 Å². The molecule has 1 amide bonds. The van der Waals surface area contributed by atoms with Crippen molar-refractivity contribution in [1.82, 2.24) is 15.6 Å². The van der Waals surface area contributed by atoms with Crippen molar-refractivity contribution in [3.8, 4) is 11.3 Å². The first-order chi connectivity index (χ1) is 11.1. The fourth-order valence-electron chi connectivity index (χ4n) is 2.30. The summed E-state index contributed by atoms with van der Waals surface area (Å²) < 4.78 is 32.0. The number of aromatic nitrogens is 1. The summed E-state index contributed by atoms with van der Waals surface area (Å²) in [6, 6.07) is 3.25. The van der Waals surface area contributed by atoms with Crippen LogP contribution < -0.4 is 10.6 Å². The van der Waals surface area contributed by atoms with Crippen LogP contribution in [0.25, 0.3) is 11.3 Å². The third kappa shape index (κ3) is 5.66. The van der Waals surface area contributed by atoms with Gasteiger partial charge in [0.15, 0.2) is 11.7 Å². The summed E-state index contributed by atoms with van der Waals surface area (Å²) in [4.78, 5) is 15.8. The highest BCUT2D eigenvalue weighted by molar-refractivity contribution is 5.85. The molecule has 2 heterocycles. The van der Waals surface area contributed by atoms with E-state index in [-0.39, 0.29) is 48.5 Å². The largest absolute Gasteiger partial charge is 0.441 e. The number of amides is 1. The standard InChI is InChI=1S/C16H17F2N3O2.2ClH/c17-11-1-2-12(13(18)5-11)14-9-21-16(23-14)4-3-15(22)20-8-10-6-19-7-10;;/h1-2,5,9-10,19H,3-4,6-8H2,(H,20,22);2*1H. The molecule has 1 saturated heterocycles. The second-order valence-corrected chi connectivity index (χ2v) is 5.57. The molecule has 138 valence electrons. The first kappa shape index (κ1) is 21.3. The molecule has 0 aliphatic carbocycles. The molecule has 25 heavy (non-hydrogen) atoms. The molecule has 0 saturated carbocycles. The molecule has 1 fully saturated rings. The molecule has 0 spiro atoms. The second kappa shape index (κ2) is 9.70. The van der Waals surface area contributed by atoms with E-state index < -0.39 is 11.6 Å². The highest BCUT2D eigenvalue weighted by Crippen LogP contribution is 2.24. The molecule has 1 aromatic carbocycles. The Labute approximate surface area is 156 Å². The molecule has 0 bridgehead atoms. The minimum Gasteiger partial charge on any atom is -0.441 e. The number of aryl methyl sites for hydroxylation is 1. The van der Waals surface area contributed by atoms with Crippen molar-refractivity contribution in [2.24, 2.45) is 5.92 Å². The van der Waals surface area contributed by atoms with E-state index in [4.69, 9.17) is 4.42 Å². The molecule has 0 radical (unpaired) electrons. The quantitative estimate of drug-likeness (QED) is 0.791. The lowest BCUT2D eigenvalue weighted by Crippen LogP contribution is -2.48. The number of rotatable bonds is 6. The molecule has 9 heteroatoms. The Balaban J connectivity index is 0.00000156. The van der Waals surface area contributed by atoms with E-state index in [2.05, 4.69) is 15.6 Å². The van der Waals surface area contributed by atoms with Gasteiger partial charge in [-0.1, -0.05) is 0 Å². The highest BCUT2D eigenvalue weighted by atomic mass is 35.5. The van der Waals surface area contributed by atoms with Gasteiger partial charge in [-0.2, -0.15) is 0 Å². The Morgan fingerprint density at radius 1 is 1.32 bits per heavy atom. The predicted octanol–water partition coefficient (Wildman–Crippen LogP) is 2.73. The van der Waals surface area contributed by atoms with Crippen LogP contribution in [0.2, 0.25) is 0 Å². The van der Waals surface area contributed by atoms with Gasteiger partial charge in [0.1, 0.15) is 11.6 Å². The summed E-state index contributed by atoms with van der Waals surface area (Å²) >= 11 is 0. The highest BCUT2D eigenvalue weighted by Gasteiger charge is 2.17. The van der Waals surface area contributed by atoms with Crippen molar-refractivity contribution in [1.29, 1.82) is 0 Å². The van der Waals surface area contributed by atoms with Gasteiger partial charge in [0.2, 0.25) is 5.91 Å². The lowest BCUT2D eigenvalue weighted by atomic mass is 10.0. The number of benzene rings is 1. The fourth-order valence-corrected chi connectivity index (χ4v) is 2.30. The molecule has 3 rings (SSSR count). The number of carbonyl (C=O) groups excluding carboxylic acids is 1. The summed E-state index contributed by atoms with van der Waals surface area (Å²) in [7, 11) is 0. The molecular formula is C16H19Cl2F2N3O2. The Kier molecular flexibility index (Phi) is 8.28. The van der Waals surface area contributed by atoms with Crippen molar-refractivity contribution < 1.29 is 18.0 Å². The number of nitrogens with zero attached hydrogens (tertiary/aromatic N) is 1. The number of carbonyl (C=O) groups is 1. The maximum atomic E-state index is 13.7. The van der Waals surface area contributed by atoms with Gasteiger partial charge in [-0.15, -0.1) is 24.8 Å². The van der Waals surface area contributed by atoms with E-state index in [1.54, 1.807) is 0 Å². The summed E-state index contributed by atoms with van der Waals surface area (Å²) in [6.45, 7) is 2.54. The number of halogens is 4. The van der Waals surface area contributed by atoms with Crippen molar-refractivity contribution in [2.45, 2.75) is 12.8 Å². The Morgan fingerprint density at radius 2 is 2.08 bits per heavy atom. The van der Waals surface area contributed by atoms with Gasteiger partial charge >= 0.3 is 0 Å². The third-order valence-corrected chi connectivity index (χ3v) is 3.77. The first-order valence-electron chi connectivity index (χ1n) is 7.49. The van der Waals surface area contributed by atoms with Gasteiger partial charge in [-0.25, -0.2) is 13.8 Å². The van der Waals surface area contributed by atoms with Gasteiger partial charge in [0.25, 0.3) is 0 Å². The SMILES string of the molecule is Cl.Cl.O=C(CCc1ncc(-c2ccc(F)cc2F)o1)NCC1CNC1. The Hall–Kier alpha value is -1.70. The van der Waals surface area contributed by atoms with Crippen molar-refractivity contribution in [2.75, 3.05) is 19.6 Å². The van der Waals surface area contributed by atoms with Gasteiger partial charge in [-0.05, 0) is 12.1 Å². The van der Waals surface area contributed by atoms with Crippen LogP contribution in [0.1, 0.15) is 12.3 Å². The summed E-state index contributed by atoms with van der Waals surface area (Å²) in [5, 5.41) is 6.00. The molecule has 2 aromatic rings. The maximum absolute atomic E-state index is 13.7. The summed E-state index contributed by atoms with van der Waals surface area (Å²) in [5.41, 5.74) is 0.145. The van der Waals surface area contributed by atoms with E-state index >= 15 is 0 Å². The van der Waals surface area contributed by atoms with E-state index in [0.717, 1.165) is 25.2 Å². The minimum atomic E-state index is -0.709. The van der Waals surface area contributed by atoms with Crippen molar-refractivity contribution in [3.05, 3.63) is 41.9 Å². The number of hydrogen-bond donors (Lipinski definition) is 2. The third-order valence-electron chi connectivity index (χ3n) is 3.77. The summed E-state index contributed by atoms with van der Waals surface area (Å²) in [6.07, 6.45) is 1.97. The van der Waals surface area contributed by atoms with E-state index in [1.807, 2.05) is 0 Å². The van der Waals surface area contributed by atoms with Gasteiger partial charge in [0.05, 0.1) is 11.8 Å². The number of oxazole rings is 1. The van der Waals surface area contributed by atoms with Crippen LogP contribution in [0.3, 0.4) is 0 Å². The molecule has 0 atom stereocenters. The molecular weight excluding hydrogens is 375 g/mol. The lowest BCUT2D eigenvalue weighted by molar-refractivity contribution is -0.121. The van der Waals surface area contributed by atoms with E-state index in [0.29, 0.717) is 24.8 Å². The van der Waals surface area contributed by atoms with Crippen LogP contribution in [0.15, 0.2) is 28.8 Å². The summed E-state index contributed by atoms with van der Waals surface area (Å²) in [5.74, 6) is -0.343. The monoisotopic (exact) mass is 393 g/mol. The molecule has 1 aromatic heterocycles. The van der Waals surface area contributed by atoms with Gasteiger partial charge < -0.3 is 15.1 Å². The normalized spacial score (nSPS) is 13.4. The van der Waals surface area contributed by atoms with E-state index in [1.165, 1.54) is 12.3 Å². The van der Waals surface area contributed by atoms with Crippen LogP contribution in [-0.2, 0) is 11.2 Å². The van der Waals surface area contributed by atoms with Crippen LogP contribution >= 0.6 is 24.8 Å². The predicted molar refractivity (Wildman–Crippen MR) is 94.0 cm³/mol. The molecule has 5 nitrogen and oxygen atoms in total. The van der Waals surface area contributed by atoms with Crippen molar-refractivity contribution >= 4 is 30.7 Å². The second-order valence-electron chi connectivity index (χ2n) is 5.57. The molecule has 0 unspecified atom stereocenters. The van der Waals surface area contributed by atoms with Crippen LogP contribution in [0.5, 0.6) is 0 Å². The fraction of sp³-hybridized carbons (Fsp3) is 0.375. The Morgan fingerprint density at radius 3 is 2.72 bits per heavy atom. The molecule has 1 aliphatic rings. The molecule has 2 N–H and O–H groups in total. The first-order valence-corrected chi connectivity index (χ1v) is 7.49.